The van der Waals surface area contributed by atoms with Crippen molar-refractivity contribution in [2.24, 2.45) is 5.92 Å². The van der Waals surface area contributed by atoms with E-state index in [2.05, 4.69) is 49.5 Å². The van der Waals surface area contributed by atoms with Crippen LogP contribution in [0.5, 0.6) is 0 Å². The van der Waals surface area contributed by atoms with E-state index in [0.717, 1.165) is 25.3 Å². The molecular weight excluding hydrogens is 439 g/mol. The summed E-state index contributed by atoms with van der Waals surface area (Å²) >= 11 is 0. The zero-order valence-corrected chi connectivity index (χ0v) is 19.6. The van der Waals surface area contributed by atoms with E-state index in [0.29, 0.717) is 6.54 Å². The average molecular weight is 472 g/mol. The van der Waals surface area contributed by atoms with Crippen molar-refractivity contribution in [2.75, 3.05) is 13.2 Å². The van der Waals surface area contributed by atoms with E-state index in [4.69, 9.17) is 4.74 Å². The number of nitrogens with one attached hydrogen (secondary N) is 1. The molecule has 0 spiro atoms. The molecule has 34 heavy (non-hydrogen) atoms. The Morgan fingerprint density at radius 2 is 1.65 bits per heavy atom. The molecule has 0 radical (unpaired) electrons. The van der Waals surface area contributed by atoms with Gasteiger partial charge in [0.15, 0.2) is 0 Å². The molecule has 2 atom stereocenters. The summed E-state index contributed by atoms with van der Waals surface area (Å²) in [4.78, 5) is 0. The molecule has 3 aromatic carbocycles. The van der Waals surface area contributed by atoms with Crippen molar-refractivity contribution in [3.8, 4) is 0 Å². The fourth-order valence-electron chi connectivity index (χ4n) is 4.47. The van der Waals surface area contributed by atoms with Gasteiger partial charge in [0, 0.05) is 12.1 Å². The Hall–Kier alpha value is -2.41. The van der Waals surface area contributed by atoms with Crippen molar-refractivity contribution in [3.05, 3.63) is 83.4 Å². The third-order valence-corrected chi connectivity index (χ3v) is 6.37. The third-order valence-electron chi connectivity index (χ3n) is 6.37. The van der Waals surface area contributed by atoms with Crippen LogP contribution in [0.2, 0.25) is 0 Å². The maximum absolute atomic E-state index is 13.5. The summed E-state index contributed by atoms with van der Waals surface area (Å²) in [5.74, 6) is 0.0630. The van der Waals surface area contributed by atoms with E-state index >= 15 is 0 Å². The first kappa shape index (κ1) is 24.7. The van der Waals surface area contributed by atoms with Crippen LogP contribution in [0.4, 0.5) is 13.2 Å². The summed E-state index contributed by atoms with van der Waals surface area (Å²) in [6.45, 7) is 4.41. The first-order chi connectivity index (χ1) is 16.1. The van der Waals surface area contributed by atoms with Crippen molar-refractivity contribution < 1.29 is 23.0 Å². The smallest absolute Gasteiger partial charge is 0.389 e. The molecule has 1 aliphatic carbocycles. The Kier molecular flexibility index (Phi) is 7.31. The second-order valence-corrected chi connectivity index (χ2v) is 9.95. The molecular formula is C28H32F3NO2. The Bertz CT molecular complexity index is 1110. The minimum absolute atomic E-state index is 0.0214. The molecule has 3 nitrogen and oxygen atoms in total. The zero-order valence-electron chi connectivity index (χ0n) is 19.6. The van der Waals surface area contributed by atoms with Crippen LogP contribution in [0.25, 0.3) is 10.8 Å². The van der Waals surface area contributed by atoms with Gasteiger partial charge in [-0.25, -0.2) is 0 Å². The van der Waals surface area contributed by atoms with Crippen LogP contribution in [0.1, 0.15) is 49.5 Å². The lowest BCUT2D eigenvalue weighted by Crippen LogP contribution is -2.46. The SMILES string of the molecule is CC(C)(Cc1ccc2ccccc2c1)NCC(O)COC(c1ccccc1C(F)(F)F)C1CC1. The Morgan fingerprint density at radius 3 is 2.35 bits per heavy atom. The summed E-state index contributed by atoms with van der Waals surface area (Å²) in [7, 11) is 0. The normalized spacial score (nSPS) is 16.5. The molecule has 1 fully saturated rings. The quantitative estimate of drug-likeness (QED) is 0.365. The van der Waals surface area contributed by atoms with Gasteiger partial charge in [-0.3, -0.25) is 0 Å². The number of rotatable bonds is 10. The lowest BCUT2D eigenvalue weighted by atomic mass is 9.93. The van der Waals surface area contributed by atoms with Gasteiger partial charge in [-0.15, -0.1) is 0 Å². The van der Waals surface area contributed by atoms with Gasteiger partial charge in [0.2, 0.25) is 0 Å². The van der Waals surface area contributed by atoms with Gasteiger partial charge in [0.05, 0.1) is 24.4 Å². The largest absolute Gasteiger partial charge is 0.416 e. The highest BCUT2D eigenvalue weighted by Gasteiger charge is 2.40. The molecule has 6 heteroatoms. The predicted molar refractivity (Wildman–Crippen MR) is 129 cm³/mol. The number of aliphatic hydroxyl groups is 1. The molecule has 0 heterocycles. The van der Waals surface area contributed by atoms with Crippen molar-refractivity contribution in [1.29, 1.82) is 0 Å². The van der Waals surface area contributed by atoms with Crippen molar-refractivity contribution in [2.45, 2.75) is 57.0 Å². The monoisotopic (exact) mass is 471 g/mol. The number of ether oxygens (including phenoxy) is 1. The molecule has 0 aromatic heterocycles. The Labute approximate surface area is 198 Å². The fourth-order valence-corrected chi connectivity index (χ4v) is 4.47. The number of β-amino-alcohol motifs (C(OH)–C–C–N with tert-alkyl or cyclic N) is 1. The lowest BCUT2D eigenvalue weighted by Gasteiger charge is -2.29. The van der Waals surface area contributed by atoms with Crippen LogP contribution >= 0.6 is 0 Å². The molecule has 1 aliphatic rings. The lowest BCUT2D eigenvalue weighted by molar-refractivity contribution is -0.140. The molecule has 0 aliphatic heterocycles. The van der Waals surface area contributed by atoms with Crippen LogP contribution in [0, 0.1) is 5.92 Å². The number of hydrogen-bond donors (Lipinski definition) is 2. The maximum Gasteiger partial charge on any atom is 0.416 e. The molecule has 2 N–H and O–H groups in total. The van der Waals surface area contributed by atoms with Gasteiger partial charge < -0.3 is 15.2 Å². The predicted octanol–water partition coefficient (Wildman–Crippen LogP) is 6.30. The standard InChI is InChI=1S/C28H32F3NO2/c1-27(2,16-19-11-12-20-7-3-4-8-22(20)15-19)32-17-23(33)18-34-26(21-13-14-21)24-9-5-6-10-25(24)28(29,30)31/h3-12,15,21,23,26,32-33H,13-14,16-18H2,1-2H3. The highest BCUT2D eigenvalue weighted by Crippen LogP contribution is 2.46. The van der Waals surface area contributed by atoms with Crippen LogP contribution < -0.4 is 5.32 Å². The minimum Gasteiger partial charge on any atom is -0.389 e. The van der Waals surface area contributed by atoms with E-state index < -0.39 is 23.9 Å². The van der Waals surface area contributed by atoms with Gasteiger partial charge in [0.1, 0.15) is 0 Å². The third kappa shape index (κ3) is 6.38. The second-order valence-electron chi connectivity index (χ2n) is 9.95. The average Bonchev–Trinajstić information content (AvgIpc) is 3.62. The van der Waals surface area contributed by atoms with Crippen molar-refractivity contribution >= 4 is 10.8 Å². The Morgan fingerprint density at radius 1 is 0.971 bits per heavy atom. The first-order valence-corrected chi connectivity index (χ1v) is 11.8. The highest BCUT2D eigenvalue weighted by molar-refractivity contribution is 5.83. The molecule has 0 amide bonds. The van der Waals surface area contributed by atoms with Gasteiger partial charge in [0.25, 0.3) is 0 Å². The van der Waals surface area contributed by atoms with Crippen LogP contribution in [0.15, 0.2) is 66.7 Å². The minimum atomic E-state index is -4.43. The van der Waals surface area contributed by atoms with Gasteiger partial charge in [-0.05, 0) is 67.0 Å². The van der Waals surface area contributed by atoms with E-state index in [1.807, 2.05) is 12.1 Å². The number of hydrogen-bond acceptors (Lipinski definition) is 3. The van der Waals surface area contributed by atoms with Crippen molar-refractivity contribution in [1.82, 2.24) is 5.32 Å². The van der Waals surface area contributed by atoms with E-state index in [9.17, 15) is 18.3 Å². The second kappa shape index (κ2) is 10.1. The summed E-state index contributed by atoms with van der Waals surface area (Å²) in [5, 5.41) is 16.3. The molecule has 2 unspecified atom stereocenters. The first-order valence-electron chi connectivity index (χ1n) is 11.8. The van der Waals surface area contributed by atoms with E-state index in [1.54, 1.807) is 6.07 Å². The van der Waals surface area contributed by atoms with E-state index in [-0.39, 0.29) is 23.6 Å². The fraction of sp³-hybridized carbons (Fsp3) is 0.429. The molecule has 182 valence electrons. The van der Waals surface area contributed by atoms with Gasteiger partial charge >= 0.3 is 6.18 Å². The topological polar surface area (TPSA) is 41.5 Å². The zero-order chi connectivity index (χ0) is 24.3. The molecule has 3 aromatic rings. The molecule has 1 saturated carbocycles. The van der Waals surface area contributed by atoms with Gasteiger partial charge in [-0.2, -0.15) is 13.2 Å². The Balaban J connectivity index is 1.33. The molecule has 4 rings (SSSR count). The summed E-state index contributed by atoms with van der Waals surface area (Å²) in [6.07, 6.45) is -3.46. The van der Waals surface area contributed by atoms with Crippen LogP contribution in [0.3, 0.4) is 0 Å². The number of benzene rings is 3. The van der Waals surface area contributed by atoms with Crippen LogP contribution in [-0.4, -0.2) is 29.9 Å². The summed E-state index contributed by atoms with van der Waals surface area (Å²) in [5.41, 5.74) is 0.423. The number of alkyl halides is 3. The number of halogens is 3. The van der Waals surface area contributed by atoms with E-state index in [1.165, 1.54) is 28.5 Å². The van der Waals surface area contributed by atoms with Gasteiger partial charge in [-0.1, -0.05) is 60.7 Å². The number of aliphatic hydroxyl groups excluding tert-OH is 1. The maximum atomic E-state index is 13.5. The highest BCUT2D eigenvalue weighted by atomic mass is 19.4. The molecule has 0 bridgehead atoms. The molecule has 0 saturated heterocycles. The number of fused-ring (bicyclic) bond motifs is 1. The van der Waals surface area contributed by atoms with Crippen molar-refractivity contribution in [3.63, 3.8) is 0 Å². The van der Waals surface area contributed by atoms with Crippen LogP contribution in [-0.2, 0) is 17.3 Å². The summed E-state index contributed by atoms with van der Waals surface area (Å²) in [6, 6.07) is 20.2. The summed E-state index contributed by atoms with van der Waals surface area (Å²) < 4.78 is 46.4.